The van der Waals surface area contributed by atoms with Gasteiger partial charge < -0.3 is 8.85 Å². The molecule has 1 aromatic carbocycles. The predicted molar refractivity (Wildman–Crippen MR) is 89.7 cm³/mol. The highest BCUT2D eigenvalue weighted by molar-refractivity contribution is 6.65. The maximum Gasteiger partial charge on any atom is 0.392 e. The zero-order valence-electron chi connectivity index (χ0n) is 12.1. The van der Waals surface area contributed by atoms with Gasteiger partial charge in [-0.3, -0.25) is 0 Å². The fourth-order valence-corrected chi connectivity index (χ4v) is 3.85. The van der Waals surface area contributed by atoms with E-state index in [2.05, 4.69) is 6.92 Å². The lowest BCUT2D eigenvalue weighted by Crippen LogP contribution is -2.38. The van der Waals surface area contributed by atoms with E-state index in [1.54, 1.807) is 12.1 Å². The van der Waals surface area contributed by atoms with Crippen LogP contribution in [-0.2, 0) is 4.43 Å². The summed E-state index contributed by atoms with van der Waals surface area (Å²) < 4.78 is 11.8. The van der Waals surface area contributed by atoms with Gasteiger partial charge in [0.15, 0.2) is 0 Å². The Labute approximate surface area is 137 Å². The quantitative estimate of drug-likeness (QED) is 0.308. The molecule has 0 saturated heterocycles. The van der Waals surface area contributed by atoms with Crippen LogP contribution < -0.4 is 4.43 Å². The molecule has 20 heavy (non-hydrogen) atoms. The lowest BCUT2D eigenvalue weighted by atomic mass is 10.2. The molecule has 1 rings (SSSR count). The minimum absolute atomic E-state index is 0.342. The lowest BCUT2D eigenvalue weighted by Gasteiger charge is -2.25. The van der Waals surface area contributed by atoms with Gasteiger partial charge in [-0.1, -0.05) is 61.0 Å². The standard InChI is InChI=1S/C14H21Cl3O2Si/c1-4-5-6-7-10-18-20(2,3)19-14-12(16)9-8-11(15)13(14)17/h8-9H,4-7,10H2,1-3H3. The second-order valence-corrected chi connectivity index (χ2v) is 9.57. The Morgan fingerprint density at radius 1 is 1.00 bits per heavy atom. The van der Waals surface area contributed by atoms with Crippen molar-refractivity contribution < 1.29 is 8.85 Å². The van der Waals surface area contributed by atoms with Gasteiger partial charge in [-0.25, -0.2) is 0 Å². The van der Waals surface area contributed by atoms with Crippen molar-refractivity contribution in [2.24, 2.45) is 0 Å². The molecular formula is C14H21Cl3O2Si. The molecular weight excluding hydrogens is 335 g/mol. The fourth-order valence-electron chi connectivity index (χ4n) is 1.72. The van der Waals surface area contributed by atoms with Crippen LogP contribution in [0.3, 0.4) is 0 Å². The van der Waals surface area contributed by atoms with E-state index in [0.717, 1.165) is 6.42 Å². The molecule has 0 radical (unpaired) electrons. The van der Waals surface area contributed by atoms with Crippen LogP contribution in [0.15, 0.2) is 12.1 Å². The molecule has 0 aromatic heterocycles. The van der Waals surface area contributed by atoms with E-state index < -0.39 is 8.56 Å². The summed E-state index contributed by atoms with van der Waals surface area (Å²) in [6, 6.07) is 3.33. The Balaban J connectivity index is 2.60. The molecule has 0 bridgehead atoms. The van der Waals surface area contributed by atoms with Crippen LogP contribution in [0.1, 0.15) is 32.6 Å². The maximum absolute atomic E-state index is 6.13. The second kappa shape index (κ2) is 8.50. The van der Waals surface area contributed by atoms with E-state index in [9.17, 15) is 0 Å². The molecule has 1 aromatic rings. The van der Waals surface area contributed by atoms with Gasteiger partial charge in [0, 0.05) is 6.61 Å². The van der Waals surface area contributed by atoms with E-state index in [1.165, 1.54) is 19.3 Å². The zero-order valence-corrected chi connectivity index (χ0v) is 15.4. The van der Waals surface area contributed by atoms with Gasteiger partial charge in [0.05, 0.1) is 10.0 Å². The number of benzene rings is 1. The molecule has 0 atom stereocenters. The van der Waals surface area contributed by atoms with E-state index in [0.29, 0.717) is 27.4 Å². The molecule has 0 aliphatic heterocycles. The summed E-state index contributed by atoms with van der Waals surface area (Å²) >= 11 is 18.2. The second-order valence-electron chi connectivity index (χ2n) is 5.08. The molecule has 0 spiro atoms. The molecule has 0 aliphatic rings. The third kappa shape index (κ3) is 5.82. The van der Waals surface area contributed by atoms with E-state index in [-0.39, 0.29) is 0 Å². The van der Waals surface area contributed by atoms with Crippen LogP contribution in [-0.4, -0.2) is 15.2 Å². The molecule has 2 nitrogen and oxygen atoms in total. The van der Waals surface area contributed by atoms with Crippen molar-refractivity contribution in [1.82, 2.24) is 0 Å². The average Bonchev–Trinajstić information content (AvgIpc) is 2.39. The summed E-state index contributed by atoms with van der Waals surface area (Å²) in [4.78, 5) is 0. The zero-order chi connectivity index (χ0) is 15.2. The maximum atomic E-state index is 6.13. The first-order valence-corrected chi connectivity index (χ1v) is 10.8. The van der Waals surface area contributed by atoms with Crippen molar-refractivity contribution in [3.63, 3.8) is 0 Å². The molecule has 0 aliphatic carbocycles. The first-order chi connectivity index (χ1) is 9.37. The third-order valence-electron chi connectivity index (χ3n) is 2.80. The van der Waals surface area contributed by atoms with Crippen LogP contribution >= 0.6 is 34.8 Å². The van der Waals surface area contributed by atoms with Gasteiger partial charge in [0.2, 0.25) is 0 Å². The number of halogens is 3. The topological polar surface area (TPSA) is 18.5 Å². The first kappa shape index (κ1) is 18.1. The number of unbranched alkanes of at least 4 members (excludes halogenated alkanes) is 3. The Kier molecular flexibility index (Phi) is 7.70. The van der Waals surface area contributed by atoms with Gasteiger partial charge in [-0.2, -0.15) is 0 Å². The van der Waals surface area contributed by atoms with E-state index >= 15 is 0 Å². The molecule has 0 amide bonds. The molecule has 6 heteroatoms. The predicted octanol–water partition coefficient (Wildman–Crippen LogP) is 6.32. The minimum Gasteiger partial charge on any atom is -0.518 e. The number of hydrogen-bond acceptors (Lipinski definition) is 2. The summed E-state index contributed by atoms with van der Waals surface area (Å²) in [5, 5.41) is 1.22. The Morgan fingerprint density at radius 3 is 2.30 bits per heavy atom. The number of hydrogen-bond donors (Lipinski definition) is 0. The smallest absolute Gasteiger partial charge is 0.392 e. The van der Waals surface area contributed by atoms with Crippen LogP contribution in [0.25, 0.3) is 0 Å². The summed E-state index contributed by atoms with van der Waals surface area (Å²) in [7, 11) is -2.32. The summed E-state index contributed by atoms with van der Waals surface area (Å²) in [6.45, 7) is 6.83. The van der Waals surface area contributed by atoms with E-state index in [1.807, 2.05) is 13.1 Å². The van der Waals surface area contributed by atoms with E-state index in [4.69, 9.17) is 43.7 Å². The molecule has 0 saturated carbocycles. The first-order valence-electron chi connectivity index (χ1n) is 6.84. The van der Waals surface area contributed by atoms with Gasteiger partial charge in [-0.05, 0) is 31.6 Å². The monoisotopic (exact) mass is 354 g/mol. The SMILES string of the molecule is CCCCCCO[Si](C)(C)Oc1c(Cl)ccc(Cl)c1Cl. The van der Waals surface area contributed by atoms with Gasteiger partial charge in [0.1, 0.15) is 10.8 Å². The highest BCUT2D eigenvalue weighted by atomic mass is 35.5. The van der Waals surface area contributed by atoms with Gasteiger partial charge in [-0.15, -0.1) is 0 Å². The van der Waals surface area contributed by atoms with Gasteiger partial charge >= 0.3 is 8.56 Å². The van der Waals surface area contributed by atoms with Crippen LogP contribution in [0.4, 0.5) is 0 Å². The molecule has 114 valence electrons. The Hall–Kier alpha value is 0.0669. The van der Waals surface area contributed by atoms with Crippen molar-refractivity contribution in [2.45, 2.75) is 45.7 Å². The molecule has 0 fully saturated rings. The van der Waals surface area contributed by atoms with Crippen molar-refractivity contribution in [3.8, 4) is 5.75 Å². The van der Waals surface area contributed by atoms with Crippen LogP contribution in [0.5, 0.6) is 5.75 Å². The highest BCUT2D eigenvalue weighted by Gasteiger charge is 2.29. The average molecular weight is 356 g/mol. The molecule has 0 N–H and O–H groups in total. The normalized spacial score (nSPS) is 11.7. The summed E-state index contributed by atoms with van der Waals surface area (Å²) in [6.07, 6.45) is 4.67. The van der Waals surface area contributed by atoms with Crippen molar-refractivity contribution in [3.05, 3.63) is 27.2 Å². The lowest BCUT2D eigenvalue weighted by molar-refractivity contribution is 0.241. The van der Waals surface area contributed by atoms with Crippen molar-refractivity contribution in [1.29, 1.82) is 0 Å². The van der Waals surface area contributed by atoms with Crippen LogP contribution in [0.2, 0.25) is 28.2 Å². The molecule has 0 unspecified atom stereocenters. The Bertz CT molecular complexity index is 439. The van der Waals surface area contributed by atoms with Crippen molar-refractivity contribution in [2.75, 3.05) is 6.61 Å². The fraction of sp³-hybridized carbons (Fsp3) is 0.571. The van der Waals surface area contributed by atoms with Gasteiger partial charge in [0.25, 0.3) is 0 Å². The van der Waals surface area contributed by atoms with Crippen molar-refractivity contribution >= 4 is 43.4 Å². The summed E-state index contributed by atoms with van der Waals surface area (Å²) in [5.74, 6) is 0.422. The largest absolute Gasteiger partial charge is 0.518 e. The molecule has 0 heterocycles. The Morgan fingerprint density at radius 2 is 1.65 bits per heavy atom. The highest BCUT2D eigenvalue weighted by Crippen LogP contribution is 2.39. The minimum atomic E-state index is -2.32. The van der Waals surface area contributed by atoms with Crippen LogP contribution in [0, 0.1) is 0 Å². The summed E-state index contributed by atoms with van der Waals surface area (Å²) in [5.41, 5.74) is 0. The number of rotatable bonds is 8. The third-order valence-corrected chi connectivity index (χ3v) is 5.48.